The Kier molecular flexibility index (Phi) is 3.70. The van der Waals surface area contributed by atoms with Crippen LogP contribution in [0.2, 0.25) is 0 Å². The fourth-order valence-electron chi connectivity index (χ4n) is 1.66. The van der Waals surface area contributed by atoms with E-state index in [9.17, 15) is 0 Å². The quantitative estimate of drug-likeness (QED) is 0.889. The second-order valence-electron chi connectivity index (χ2n) is 4.05. The number of aromatic nitrogens is 2. The zero-order valence-electron chi connectivity index (χ0n) is 10.1. The van der Waals surface area contributed by atoms with Crippen molar-refractivity contribution >= 4 is 0 Å². The molecular weight excluding hydrogens is 228 g/mol. The molecule has 5 nitrogen and oxygen atoms in total. The molecule has 1 unspecified atom stereocenters. The minimum absolute atomic E-state index is 0.202. The van der Waals surface area contributed by atoms with Crippen molar-refractivity contribution in [1.82, 2.24) is 10.1 Å². The van der Waals surface area contributed by atoms with E-state index < -0.39 is 0 Å². The highest BCUT2D eigenvalue weighted by Crippen LogP contribution is 2.21. The largest absolute Gasteiger partial charge is 0.334 e. The molecule has 0 saturated carbocycles. The highest BCUT2D eigenvalue weighted by molar-refractivity contribution is 5.55. The third kappa shape index (κ3) is 2.55. The average molecular weight is 242 g/mol. The van der Waals surface area contributed by atoms with Crippen molar-refractivity contribution in [3.63, 3.8) is 0 Å². The van der Waals surface area contributed by atoms with Crippen LogP contribution >= 0.6 is 0 Å². The minimum atomic E-state index is -0.202. The zero-order valence-corrected chi connectivity index (χ0v) is 10.1. The van der Waals surface area contributed by atoms with Crippen molar-refractivity contribution in [2.45, 2.75) is 25.8 Å². The van der Waals surface area contributed by atoms with Gasteiger partial charge in [0.15, 0.2) is 5.82 Å². The molecule has 1 heterocycles. The maximum atomic E-state index is 8.84. The summed E-state index contributed by atoms with van der Waals surface area (Å²) >= 11 is 0. The van der Waals surface area contributed by atoms with Gasteiger partial charge in [0, 0.05) is 5.56 Å². The third-order valence-electron chi connectivity index (χ3n) is 2.61. The van der Waals surface area contributed by atoms with Gasteiger partial charge in [-0.2, -0.15) is 10.2 Å². The number of benzene rings is 1. The molecule has 1 aromatic carbocycles. The smallest absolute Gasteiger partial charge is 0.258 e. The maximum Gasteiger partial charge on any atom is 0.258 e. The molecule has 2 rings (SSSR count). The van der Waals surface area contributed by atoms with Crippen LogP contribution in [0.25, 0.3) is 11.5 Å². The van der Waals surface area contributed by atoms with Gasteiger partial charge in [-0.25, -0.2) is 0 Å². The average Bonchev–Trinajstić information content (AvgIpc) is 2.89. The first kappa shape index (κ1) is 12.3. The summed E-state index contributed by atoms with van der Waals surface area (Å²) in [4.78, 5) is 4.26. The summed E-state index contributed by atoms with van der Waals surface area (Å²) in [5.41, 5.74) is 7.21. The van der Waals surface area contributed by atoms with Crippen LogP contribution in [0.5, 0.6) is 0 Å². The molecule has 92 valence electrons. The number of hydrogen-bond acceptors (Lipinski definition) is 5. The topological polar surface area (TPSA) is 88.7 Å². The first-order chi connectivity index (χ1) is 8.74. The normalized spacial score (nSPS) is 12.1. The van der Waals surface area contributed by atoms with Crippen molar-refractivity contribution in [3.05, 3.63) is 35.7 Å². The van der Waals surface area contributed by atoms with Crippen LogP contribution < -0.4 is 5.73 Å². The summed E-state index contributed by atoms with van der Waals surface area (Å²) in [6, 6.07) is 8.91. The number of nitrogens with two attached hydrogens (primary N) is 1. The van der Waals surface area contributed by atoms with Crippen molar-refractivity contribution in [2.75, 3.05) is 0 Å². The number of rotatable bonds is 4. The molecule has 0 aliphatic heterocycles. The Morgan fingerprint density at radius 1 is 1.50 bits per heavy atom. The molecule has 0 aliphatic rings. The van der Waals surface area contributed by atoms with Crippen molar-refractivity contribution in [3.8, 4) is 17.5 Å². The van der Waals surface area contributed by atoms with Gasteiger partial charge in [-0.15, -0.1) is 0 Å². The molecule has 2 aromatic rings. The predicted molar refractivity (Wildman–Crippen MR) is 66.3 cm³/mol. The zero-order chi connectivity index (χ0) is 13.0. The lowest BCUT2D eigenvalue weighted by atomic mass is 10.1. The lowest BCUT2D eigenvalue weighted by Crippen LogP contribution is -2.11. The van der Waals surface area contributed by atoms with Crippen molar-refractivity contribution in [1.29, 1.82) is 5.26 Å². The van der Waals surface area contributed by atoms with Crippen LogP contribution in [-0.2, 0) is 0 Å². The van der Waals surface area contributed by atoms with Crippen LogP contribution in [0, 0.1) is 11.3 Å². The molecule has 2 N–H and O–H groups in total. The van der Waals surface area contributed by atoms with Crippen LogP contribution in [-0.4, -0.2) is 10.1 Å². The van der Waals surface area contributed by atoms with E-state index in [-0.39, 0.29) is 6.04 Å². The van der Waals surface area contributed by atoms with E-state index in [4.69, 9.17) is 15.5 Å². The van der Waals surface area contributed by atoms with Gasteiger partial charge in [0.1, 0.15) is 0 Å². The Morgan fingerprint density at radius 2 is 2.33 bits per heavy atom. The van der Waals surface area contributed by atoms with Gasteiger partial charge >= 0.3 is 0 Å². The van der Waals surface area contributed by atoms with Gasteiger partial charge in [0.05, 0.1) is 17.7 Å². The lowest BCUT2D eigenvalue weighted by Gasteiger charge is -2.02. The van der Waals surface area contributed by atoms with Crippen molar-refractivity contribution < 1.29 is 4.52 Å². The third-order valence-corrected chi connectivity index (χ3v) is 2.61. The second kappa shape index (κ2) is 5.43. The predicted octanol–water partition coefficient (Wildman–Crippen LogP) is 2.41. The molecular formula is C13H14N4O. The van der Waals surface area contributed by atoms with E-state index in [1.807, 2.05) is 6.07 Å². The van der Waals surface area contributed by atoms with Gasteiger partial charge in [-0.05, 0) is 24.6 Å². The van der Waals surface area contributed by atoms with E-state index >= 15 is 0 Å². The van der Waals surface area contributed by atoms with Gasteiger partial charge in [0.25, 0.3) is 5.89 Å². The molecule has 5 heteroatoms. The first-order valence-corrected chi connectivity index (χ1v) is 5.84. The van der Waals surface area contributed by atoms with Gasteiger partial charge < -0.3 is 10.3 Å². The van der Waals surface area contributed by atoms with E-state index in [1.54, 1.807) is 18.2 Å². The Labute approximate surface area is 105 Å². The van der Waals surface area contributed by atoms with Gasteiger partial charge in [0.2, 0.25) is 0 Å². The van der Waals surface area contributed by atoms with Crippen LogP contribution in [0.4, 0.5) is 0 Å². The van der Waals surface area contributed by atoms with E-state index in [0.717, 1.165) is 18.4 Å². The number of hydrogen-bond donors (Lipinski definition) is 1. The summed E-state index contributed by atoms with van der Waals surface area (Å²) in [5, 5.41) is 12.7. The summed E-state index contributed by atoms with van der Waals surface area (Å²) < 4.78 is 5.17. The SMILES string of the molecule is CCCC(N)c1noc(-c2cccc(C#N)c2)n1. The summed E-state index contributed by atoms with van der Waals surface area (Å²) in [6.07, 6.45) is 1.78. The Morgan fingerprint density at radius 3 is 3.06 bits per heavy atom. The fourth-order valence-corrected chi connectivity index (χ4v) is 1.66. The maximum absolute atomic E-state index is 8.84. The summed E-state index contributed by atoms with van der Waals surface area (Å²) in [5.74, 6) is 0.905. The second-order valence-corrected chi connectivity index (χ2v) is 4.05. The molecule has 0 bridgehead atoms. The number of nitriles is 1. The molecule has 0 saturated heterocycles. The summed E-state index contributed by atoms with van der Waals surface area (Å²) in [6.45, 7) is 2.05. The Balaban J connectivity index is 2.26. The minimum Gasteiger partial charge on any atom is -0.334 e. The molecule has 0 fully saturated rings. The van der Waals surface area contributed by atoms with E-state index in [2.05, 4.69) is 23.1 Å². The molecule has 0 amide bonds. The molecule has 0 spiro atoms. The molecule has 18 heavy (non-hydrogen) atoms. The Hall–Kier alpha value is -2.19. The fraction of sp³-hybridized carbons (Fsp3) is 0.308. The summed E-state index contributed by atoms with van der Waals surface area (Å²) in [7, 11) is 0. The monoisotopic (exact) mass is 242 g/mol. The highest BCUT2D eigenvalue weighted by Gasteiger charge is 2.14. The molecule has 1 atom stereocenters. The molecule has 0 radical (unpaired) electrons. The van der Waals surface area contributed by atoms with E-state index in [0.29, 0.717) is 17.3 Å². The van der Waals surface area contributed by atoms with Gasteiger partial charge in [-0.1, -0.05) is 24.6 Å². The molecule has 1 aromatic heterocycles. The van der Waals surface area contributed by atoms with Crippen LogP contribution in [0.3, 0.4) is 0 Å². The first-order valence-electron chi connectivity index (χ1n) is 5.84. The van der Waals surface area contributed by atoms with Crippen LogP contribution in [0.15, 0.2) is 28.8 Å². The van der Waals surface area contributed by atoms with E-state index in [1.165, 1.54) is 0 Å². The Bertz CT molecular complexity index is 570. The standard InChI is InChI=1S/C13H14N4O/c1-2-4-11(15)12-16-13(18-17-12)10-6-3-5-9(7-10)8-14/h3,5-7,11H,2,4,15H2,1H3. The van der Waals surface area contributed by atoms with Gasteiger partial charge in [-0.3, -0.25) is 0 Å². The van der Waals surface area contributed by atoms with Crippen LogP contribution in [0.1, 0.15) is 37.2 Å². The lowest BCUT2D eigenvalue weighted by molar-refractivity contribution is 0.413. The molecule has 0 aliphatic carbocycles. The highest BCUT2D eigenvalue weighted by atomic mass is 16.5. The van der Waals surface area contributed by atoms with Crippen molar-refractivity contribution in [2.24, 2.45) is 5.73 Å². The number of nitrogens with zero attached hydrogens (tertiary/aromatic N) is 3.